The van der Waals surface area contributed by atoms with Crippen LogP contribution in [0.25, 0.3) is 11.1 Å². The summed E-state index contributed by atoms with van der Waals surface area (Å²) in [5.74, 6) is -5.08. The van der Waals surface area contributed by atoms with Crippen LogP contribution in [0.2, 0.25) is 0 Å². The highest BCUT2D eigenvalue weighted by Crippen LogP contribution is 2.40. The first-order chi connectivity index (χ1) is 19.9. The van der Waals surface area contributed by atoms with Gasteiger partial charge in [0, 0.05) is 29.9 Å². The number of anilines is 1. The zero-order chi connectivity index (χ0) is 30.2. The van der Waals surface area contributed by atoms with Gasteiger partial charge >= 0.3 is 0 Å². The summed E-state index contributed by atoms with van der Waals surface area (Å²) in [6, 6.07) is 12.7. The van der Waals surface area contributed by atoms with Gasteiger partial charge in [-0.25, -0.2) is 17.6 Å². The number of primary amides is 1. The van der Waals surface area contributed by atoms with Gasteiger partial charge in [-0.3, -0.25) is 19.4 Å². The van der Waals surface area contributed by atoms with E-state index < -0.39 is 52.4 Å². The molecule has 0 radical (unpaired) electrons. The van der Waals surface area contributed by atoms with E-state index in [9.17, 15) is 31.9 Å². The minimum Gasteiger partial charge on any atom is -0.366 e. The largest absolute Gasteiger partial charge is 0.366 e. The predicted octanol–water partition coefficient (Wildman–Crippen LogP) is 5.10. The molecule has 0 spiro atoms. The van der Waals surface area contributed by atoms with E-state index in [1.807, 2.05) is 0 Å². The Morgan fingerprint density at radius 1 is 0.976 bits per heavy atom. The average Bonchev–Trinajstić information content (AvgIpc) is 3.15. The highest BCUT2D eigenvalue weighted by atomic mass is 19.1. The molecule has 0 fully saturated rings. The van der Waals surface area contributed by atoms with E-state index in [-0.39, 0.29) is 35.3 Å². The van der Waals surface area contributed by atoms with Gasteiger partial charge in [-0.2, -0.15) is 0 Å². The van der Waals surface area contributed by atoms with Crippen LogP contribution in [0.4, 0.5) is 23.2 Å². The lowest BCUT2D eigenvalue weighted by molar-refractivity contribution is -0.128. The Balaban J connectivity index is 1.53. The fourth-order valence-corrected chi connectivity index (χ4v) is 5.23. The maximum Gasteiger partial charge on any atom is 0.251 e. The lowest BCUT2D eigenvalue weighted by Crippen LogP contribution is -2.39. The molecule has 1 unspecified atom stereocenters. The second-order valence-electron chi connectivity index (χ2n) is 10.2. The van der Waals surface area contributed by atoms with E-state index in [1.165, 1.54) is 36.5 Å². The van der Waals surface area contributed by atoms with Crippen LogP contribution >= 0.6 is 0 Å². The van der Waals surface area contributed by atoms with Gasteiger partial charge in [-0.05, 0) is 72.5 Å². The number of halogens is 4. The molecule has 2 atom stereocenters. The molecule has 5 rings (SSSR count). The van der Waals surface area contributed by atoms with Crippen molar-refractivity contribution in [2.24, 2.45) is 5.73 Å². The molecule has 0 aliphatic carbocycles. The van der Waals surface area contributed by atoms with Crippen molar-refractivity contribution in [3.05, 3.63) is 119 Å². The Morgan fingerprint density at radius 3 is 2.43 bits per heavy atom. The van der Waals surface area contributed by atoms with Crippen LogP contribution in [0.3, 0.4) is 0 Å². The van der Waals surface area contributed by atoms with Gasteiger partial charge in [-0.1, -0.05) is 18.2 Å². The molecular formula is C31H24F4N4O3. The molecule has 3 aromatic carbocycles. The topological polar surface area (TPSA) is 114 Å². The smallest absolute Gasteiger partial charge is 0.251 e. The molecule has 7 nitrogen and oxygen atoms in total. The van der Waals surface area contributed by atoms with E-state index >= 15 is 0 Å². The van der Waals surface area contributed by atoms with Crippen LogP contribution in [0.5, 0.6) is 0 Å². The fourth-order valence-electron chi connectivity index (χ4n) is 5.23. The number of nitrogens with zero attached hydrogens (tertiary/aromatic N) is 1. The normalized spacial score (nSPS) is 16.5. The zero-order valence-corrected chi connectivity index (χ0v) is 22.2. The van der Waals surface area contributed by atoms with E-state index in [1.54, 1.807) is 19.1 Å². The highest BCUT2D eigenvalue weighted by Gasteiger charge is 2.44. The maximum absolute atomic E-state index is 14.2. The quantitative estimate of drug-likeness (QED) is 0.253. The molecule has 3 amide bonds. The van der Waals surface area contributed by atoms with Crippen molar-refractivity contribution in [3.63, 3.8) is 0 Å². The number of carbonyl (C=O) groups is 3. The molecule has 2 heterocycles. The number of nitrogens with two attached hydrogens (primary N) is 1. The molecule has 0 bridgehead atoms. The number of aromatic nitrogens is 1. The molecule has 4 N–H and O–H groups in total. The molecule has 1 aliphatic rings. The Kier molecular flexibility index (Phi) is 7.51. The maximum atomic E-state index is 14.2. The summed E-state index contributed by atoms with van der Waals surface area (Å²) in [6.45, 7) is 1.55. The van der Waals surface area contributed by atoms with Crippen molar-refractivity contribution >= 4 is 23.4 Å². The van der Waals surface area contributed by atoms with Gasteiger partial charge in [0.15, 0.2) is 0 Å². The summed E-state index contributed by atoms with van der Waals surface area (Å²) < 4.78 is 56.2. The predicted molar refractivity (Wildman–Crippen MR) is 146 cm³/mol. The summed E-state index contributed by atoms with van der Waals surface area (Å²) in [7, 11) is 0. The third kappa shape index (κ3) is 5.58. The first-order valence-electron chi connectivity index (χ1n) is 12.8. The molecule has 11 heteroatoms. The van der Waals surface area contributed by atoms with Crippen LogP contribution < -0.4 is 16.4 Å². The average molecular weight is 577 g/mol. The minimum atomic E-state index is -1.33. The van der Waals surface area contributed by atoms with Crippen molar-refractivity contribution in [1.29, 1.82) is 0 Å². The number of benzene rings is 3. The first kappa shape index (κ1) is 28.5. The number of pyridine rings is 1. The first-order valence-corrected chi connectivity index (χ1v) is 12.8. The van der Waals surface area contributed by atoms with Crippen LogP contribution in [0.1, 0.15) is 46.6 Å². The number of hydrogen-bond acceptors (Lipinski definition) is 4. The number of fused-ring (bicyclic) bond motifs is 1. The van der Waals surface area contributed by atoms with E-state index in [2.05, 4.69) is 15.6 Å². The Hall–Kier alpha value is -5.06. The lowest BCUT2D eigenvalue weighted by Gasteiger charge is -2.25. The number of amides is 3. The number of carbonyl (C=O) groups excluding carboxylic acids is 3. The Bertz CT molecular complexity index is 1730. The van der Waals surface area contributed by atoms with Gasteiger partial charge in [-0.15, -0.1) is 0 Å². The van der Waals surface area contributed by atoms with Crippen molar-refractivity contribution in [1.82, 2.24) is 10.3 Å². The van der Waals surface area contributed by atoms with Crippen molar-refractivity contribution in [3.8, 4) is 11.1 Å². The molecule has 1 aliphatic heterocycles. The van der Waals surface area contributed by atoms with Crippen LogP contribution in [0.15, 0.2) is 72.9 Å². The summed E-state index contributed by atoms with van der Waals surface area (Å²) in [5, 5.41) is 5.43. The van der Waals surface area contributed by atoms with Gasteiger partial charge in [0.1, 0.15) is 23.3 Å². The molecule has 214 valence electrons. The van der Waals surface area contributed by atoms with Gasteiger partial charge in [0.25, 0.3) is 5.91 Å². The number of hydrogen-bond donors (Lipinski definition) is 3. The summed E-state index contributed by atoms with van der Waals surface area (Å²) in [5.41, 5.74) is 5.55. The van der Waals surface area contributed by atoms with Crippen LogP contribution in [0, 0.1) is 23.3 Å². The monoisotopic (exact) mass is 576 g/mol. The molecular weight excluding hydrogens is 552 g/mol. The van der Waals surface area contributed by atoms with Gasteiger partial charge in [0.2, 0.25) is 11.8 Å². The van der Waals surface area contributed by atoms with E-state index in [0.717, 1.165) is 18.2 Å². The summed E-state index contributed by atoms with van der Waals surface area (Å²) >= 11 is 0. The molecule has 0 saturated heterocycles. The minimum absolute atomic E-state index is 0.112. The lowest BCUT2D eigenvalue weighted by atomic mass is 9.80. The highest BCUT2D eigenvalue weighted by molar-refractivity contribution is 6.08. The second kappa shape index (κ2) is 11.1. The van der Waals surface area contributed by atoms with Crippen LogP contribution in [-0.4, -0.2) is 22.7 Å². The molecule has 42 heavy (non-hydrogen) atoms. The van der Waals surface area contributed by atoms with E-state index in [4.69, 9.17) is 5.73 Å². The van der Waals surface area contributed by atoms with Crippen molar-refractivity contribution in [2.75, 3.05) is 5.32 Å². The third-order valence-corrected chi connectivity index (χ3v) is 7.25. The molecule has 4 aromatic rings. The molecule has 1 aromatic heterocycles. The van der Waals surface area contributed by atoms with Gasteiger partial charge < -0.3 is 16.4 Å². The number of rotatable bonds is 8. The summed E-state index contributed by atoms with van der Waals surface area (Å²) in [6.07, 6.45) is 0.994. The zero-order valence-electron chi connectivity index (χ0n) is 22.2. The fraction of sp³-hybridized carbons (Fsp3) is 0.161. The Labute approximate surface area is 237 Å². The number of nitrogens with one attached hydrogen (secondary N) is 2. The van der Waals surface area contributed by atoms with Crippen molar-refractivity contribution in [2.45, 2.75) is 31.2 Å². The third-order valence-electron chi connectivity index (χ3n) is 7.25. The Morgan fingerprint density at radius 2 is 1.71 bits per heavy atom. The van der Waals surface area contributed by atoms with E-state index in [0.29, 0.717) is 22.8 Å². The van der Waals surface area contributed by atoms with Crippen LogP contribution in [-0.2, 0) is 21.4 Å². The molecule has 0 saturated carbocycles. The summed E-state index contributed by atoms with van der Waals surface area (Å²) in [4.78, 5) is 42.6. The van der Waals surface area contributed by atoms with Gasteiger partial charge in [0.05, 0.1) is 22.7 Å². The van der Waals surface area contributed by atoms with Crippen molar-refractivity contribution < 1.29 is 31.9 Å². The standard InChI is InChI=1S/C31H24F4N4O3/c1-31(23-6-5-18(32)14-25(23)39-30(31)42)15-27(40)38-26(11-16-9-19(33)13-20(34)10-16)28-21(3-2-8-37-28)17-4-7-24(35)22(12-17)29(36)41/h2-10,12-14,26H,11,15H2,1H3,(H2,36,41)(H,38,40)(H,39,42)/t26-,31?/m0/s1. The SMILES string of the molecule is CC1(CC(=O)N[C@@H](Cc2cc(F)cc(F)c2)c2ncccc2-c2ccc(F)c(C(N)=O)c2)C(=O)Nc2cc(F)ccc21. The second-order valence-corrected chi connectivity index (χ2v) is 10.2.